The Labute approximate surface area is 181 Å². The van der Waals surface area contributed by atoms with Crippen molar-refractivity contribution in [3.05, 3.63) is 22.9 Å². The number of sulfone groups is 1. The van der Waals surface area contributed by atoms with Gasteiger partial charge in [0.2, 0.25) is 5.16 Å². The second kappa shape index (κ2) is 9.21. The molecule has 0 aromatic carbocycles. The van der Waals surface area contributed by atoms with Crippen LogP contribution in [-0.4, -0.2) is 84.8 Å². The molecule has 0 aliphatic carbocycles. The molecular formula is C19H28N6O3S2. The van der Waals surface area contributed by atoms with Crippen LogP contribution in [0.4, 0.5) is 5.82 Å². The molecule has 0 unspecified atom stereocenters. The summed E-state index contributed by atoms with van der Waals surface area (Å²) >= 11 is 1.52. The van der Waals surface area contributed by atoms with Crippen molar-refractivity contribution in [1.82, 2.24) is 24.5 Å². The van der Waals surface area contributed by atoms with Crippen molar-refractivity contribution in [3.8, 4) is 0 Å². The highest BCUT2D eigenvalue weighted by atomic mass is 32.2. The molecule has 4 rings (SSSR count). The van der Waals surface area contributed by atoms with Gasteiger partial charge in [0.15, 0.2) is 21.3 Å². The van der Waals surface area contributed by atoms with E-state index in [0.29, 0.717) is 31.1 Å². The maximum absolute atomic E-state index is 11.8. The number of hydrogen-bond donors (Lipinski definition) is 0. The molecule has 0 atom stereocenters. The highest BCUT2D eigenvalue weighted by molar-refractivity contribution is 7.98. The molecule has 4 heterocycles. The van der Waals surface area contributed by atoms with Crippen molar-refractivity contribution in [1.29, 1.82) is 0 Å². The van der Waals surface area contributed by atoms with Gasteiger partial charge in [-0.2, -0.15) is 4.98 Å². The van der Waals surface area contributed by atoms with E-state index < -0.39 is 9.84 Å². The van der Waals surface area contributed by atoms with E-state index in [1.165, 1.54) is 18.0 Å². The second-order valence-electron chi connectivity index (χ2n) is 7.63. The summed E-state index contributed by atoms with van der Waals surface area (Å²) in [5.41, 5.74) is 1.72. The molecule has 2 aliphatic rings. The van der Waals surface area contributed by atoms with Gasteiger partial charge in [-0.3, -0.25) is 4.90 Å². The predicted octanol–water partition coefficient (Wildman–Crippen LogP) is 1.60. The van der Waals surface area contributed by atoms with Crippen LogP contribution < -0.4 is 4.90 Å². The number of aromatic nitrogens is 4. The van der Waals surface area contributed by atoms with Gasteiger partial charge in [0.25, 0.3) is 0 Å². The minimum Gasteiger partial charge on any atom is -0.378 e. The molecular weight excluding hydrogens is 424 g/mol. The summed E-state index contributed by atoms with van der Waals surface area (Å²) in [5, 5.41) is 5.31. The van der Waals surface area contributed by atoms with Gasteiger partial charge in [-0.15, -0.1) is 5.10 Å². The van der Waals surface area contributed by atoms with Gasteiger partial charge in [-0.25, -0.2) is 17.9 Å². The second-order valence-corrected chi connectivity index (χ2v) is 10.5. The summed E-state index contributed by atoms with van der Waals surface area (Å²) in [6.45, 7) is 5.34. The lowest BCUT2D eigenvalue weighted by molar-refractivity contribution is 0.122. The van der Waals surface area contributed by atoms with Crippen LogP contribution in [0.1, 0.15) is 25.0 Å². The minimum atomic E-state index is -3.09. The van der Waals surface area contributed by atoms with E-state index in [1.807, 2.05) is 23.0 Å². The summed E-state index contributed by atoms with van der Waals surface area (Å²) in [6.07, 6.45) is 9.28. The molecule has 0 spiro atoms. The van der Waals surface area contributed by atoms with E-state index >= 15 is 0 Å². The first-order chi connectivity index (χ1) is 14.4. The van der Waals surface area contributed by atoms with Crippen LogP contribution in [0.3, 0.4) is 0 Å². The van der Waals surface area contributed by atoms with Gasteiger partial charge in [-0.1, -0.05) is 17.8 Å². The fourth-order valence-electron chi connectivity index (χ4n) is 3.88. The van der Waals surface area contributed by atoms with Crippen LogP contribution in [0, 0.1) is 0 Å². The molecule has 2 aliphatic heterocycles. The zero-order chi connectivity index (χ0) is 21.1. The maximum atomic E-state index is 11.8. The highest BCUT2D eigenvalue weighted by Crippen LogP contribution is 2.23. The Hall–Kier alpha value is -1.69. The number of rotatable bonds is 5. The third kappa shape index (κ3) is 4.96. The van der Waals surface area contributed by atoms with Crippen LogP contribution >= 0.6 is 11.8 Å². The topological polar surface area (TPSA) is 92.9 Å². The van der Waals surface area contributed by atoms with Crippen molar-refractivity contribution in [3.63, 3.8) is 0 Å². The average molecular weight is 453 g/mol. The van der Waals surface area contributed by atoms with Crippen LogP contribution in [0.5, 0.6) is 0 Å². The first kappa shape index (κ1) is 21.5. The quantitative estimate of drug-likeness (QED) is 0.627. The van der Waals surface area contributed by atoms with Crippen molar-refractivity contribution < 1.29 is 13.2 Å². The molecule has 30 heavy (non-hydrogen) atoms. The number of morpholine rings is 1. The normalized spacial score (nSPS) is 19.5. The first-order valence-corrected chi connectivity index (χ1v) is 13.3. The Bertz CT molecular complexity index is 1030. The number of thioether (sulfide) groups is 1. The lowest BCUT2D eigenvalue weighted by Crippen LogP contribution is -2.37. The van der Waals surface area contributed by atoms with Crippen molar-refractivity contribution in [2.75, 3.05) is 56.8 Å². The van der Waals surface area contributed by atoms with Gasteiger partial charge in [0.1, 0.15) is 0 Å². The largest absolute Gasteiger partial charge is 0.378 e. The molecule has 1 fully saturated rings. The third-order valence-electron chi connectivity index (χ3n) is 5.40. The van der Waals surface area contributed by atoms with E-state index in [2.05, 4.69) is 14.9 Å². The number of anilines is 1. The molecule has 0 amide bonds. The molecule has 0 saturated carbocycles. The third-order valence-corrected chi connectivity index (χ3v) is 7.26. The number of imidazole rings is 1. The van der Waals surface area contributed by atoms with Gasteiger partial charge in [0, 0.05) is 37.3 Å². The lowest BCUT2D eigenvalue weighted by Gasteiger charge is -2.27. The lowest BCUT2D eigenvalue weighted by atomic mass is 10.2. The molecule has 164 valence electrons. The molecule has 11 heteroatoms. The van der Waals surface area contributed by atoms with E-state index in [0.717, 1.165) is 61.3 Å². The van der Waals surface area contributed by atoms with Gasteiger partial charge < -0.3 is 9.64 Å². The van der Waals surface area contributed by atoms with Gasteiger partial charge >= 0.3 is 0 Å². The smallest absolute Gasteiger partial charge is 0.209 e. The predicted molar refractivity (Wildman–Crippen MR) is 118 cm³/mol. The fraction of sp³-hybridized carbons (Fsp3) is 0.632. The van der Waals surface area contributed by atoms with Crippen LogP contribution in [0.15, 0.2) is 22.3 Å². The van der Waals surface area contributed by atoms with E-state index in [9.17, 15) is 8.42 Å². The standard InChI is InChI=1S/C19H28N6O3S2/c1-29-19-21-17(24-9-11-28-12-10-24)18-20-15(14-25(18)22-19)13-23-7-3-5-16(6-4-8-23)30(2,26)27/h5,14H,3-4,6-13H2,1-2H3. The molecule has 0 radical (unpaired) electrons. The van der Waals surface area contributed by atoms with E-state index in [1.54, 1.807) is 0 Å². The number of ether oxygens (including phenoxy) is 1. The van der Waals surface area contributed by atoms with Gasteiger partial charge in [-0.05, 0) is 32.1 Å². The first-order valence-electron chi connectivity index (χ1n) is 10.2. The van der Waals surface area contributed by atoms with Crippen LogP contribution in [0.2, 0.25) is 0 Å². The molecule has 9 nitrogen and oxygen atoms in total. The summed E-state index contributed by atoms with van der Waals surface area (Å²) < 4.78 is 31.0. The highest BCUT2D eigenvalue weighted by Gasteiger charge is 2.21. The SMILES string of the molecule is CSc1nc(N2CCOCC2)c2nc(CN3CCC=C(S(C)(=O)=O)CCC3)cn2n1. The van der Waals surface area contributed by atoms with Crippen LogP contribution in [-0.2, 0) is 21.1 Å². The Balaban J connectivity index is 1.54. The van der Waals surface area contributed by atoms with Crippen molar-refractivity contribution in [2.45, 2.75) is 31.0 Å². The number of fused-ring (bicyclic) bond motifs is 1. The summed E-state index contributed by atoms with van der Waals surface area (Å²) in [4.78, 5) is 14.7. The van der Waals surface area contributed by atoms with Gasteiger partial charge in [0.05, 0.1) is 25.1 Å². The number of nitrogens with zero attached hydrogens (tertiary/aromatic N) is 6. The molecule has 0 N–H and O–H groups in total. The Morgan fingerprint density at radius 3 is 2.70 bits per heavy atom. The Morgan fingerprint density at radius 1 is 1.17 bits per heavy atom. The molecule has 2 aromatic heterocycles. The monoisotopic (exact) mass is 452 g/mol. The Kier molecular flexibility index (Phi) is 6.61. The van der Waals surface area contributed by atoms with Crippen molar-refractivity contribution >= 4 is 33.1 Å². The molecule has 1 saturated heterocycles. The fourth-order valence-corrected chi connectivity index (χ4v) is 5.16. The average Bonchev–Trinajstić information content (AvgIpc) is 3.11. The maximum Gasteiger partial charge on any atom is 0.209 e. The summed E-state index contributed by atoms with van der Waals surface area (Å²) in [6, 6.07) is 0. The summed E-state index contributed by atoms with van der Waals surface area (Å²) in [7, 11) is -3.09. The zero-order valence-corrected chi connectivity index (χ0v) is 19.1. The minimum absolute atomic E-state index is 0.574. The Morgan fingerprint density at radius 2 is 1.97 bits per heavy atom. The zero-order valence-electron chi connectivity index (χ0n) is 17.5. The van der Waals surface area contributed by atoms with Crippen LogP contribution in [0.25, 0.3) is 5.65 Å². The van der Waals surface area contributed by atoms with E-state index in [-0.39, 0.29) is 0 Å². The van der Waals surface area contributed by atoms with Crippen molar-refractivity contribution in [2.24, 2.45) is 0 Å². The summed E-state index contributed by atoms with van der Waals surface area (Å²) in [5.74, 6) is 0.859. The number of allylic oxidation sites excluding steroid dienone is 1. The number of hydrogen-bond acceptors (Lipinski definition) is 9. The molecule has 0 bridgehead atoms. The molecule has 2 aromatic rings. The van der Waals surface area contributed by atoms with E-state index in [4.69, 9.17) is 14.7 Å².